The van der Waals surface area contributed by atoms with E-state index >= 15 is 0 Å². The van der Waals surface area contributed by atoms with Gasteiger partial charge in [-0.2, -0.15) is 5.21 Å². The van der Waals surface area contributed by atoms with Crippen LogP contribution in [0.25, 0.3) is 0 Å². The average Bonchev–Trinajstić information content (AvgIpc) is 3.36. The largest absolute Gasteiger partial charge is 0.497 e. The van der Waals surface area contributed by atoms with Crippen LogP contribution >= 0.6 is 0 Å². The summed E-state index contributed by atoms with van der Waals surface area (Å²) in [6, 6.07) is 5.40. The lowest BCUT2D eigenvalue weighted by Gasteiger charge is -2.31. The van der Waals surface area contributed by atoms with Crippen molar-refractivity contribution in [3.8, 4) is 11.5 Å². The summed E-state index contributed by atoms with van der Waals surface area (Å²) in [5.74, 6) is 2.66. The first-order chi connectivity index (χ1) is 12.7. The Labute approximate surface area is 151 Å². The van der Waals surface area contributed by atoms with E-state index in [-0.39, 0.29) is 11.8 Å². The van der Waals surface area contributed by atoms with Crippen LogP contribution in [0.3, 0.4) is 0 Å². The number of amides is 1. The van der Waals surface area contributed by atoms with Crippen LogP contribution in [-0.2, 0) is 0 Å². The minimum Gasteiger partial charge on any atom is -0.497 e. The predicted octanol–water partition coefficient (Wildman–Crippen LogP) is 2.02. The van der Waals surface area contributed by atoms with Crippen molar-refractivity contribution in [3.63, 3.8) is 0 Å². The highest BCUT2D eigenvalue weighted by Crippen LogP contribution is 2.33. The second-order valence-corrected chi connectivity index (χ2v) is 6.98. The Hall–Kier alpha value is -2.64. The average molecular weight is 357 g/mol. The molecule has 1 unspecified atom stereocenters. The molecule has 8 nitrogen and oxygen atoms in total. The summed E-state index contributed by atoms with van der Waals surface area (Å²) in [7, 11) is 1.61. The van der Waals surface area contributed by atoms with Gasteiger partial charge in [-0.25, -0.2) is 0 Å². The van der Waals surface area contributed by atoms with Crippen molar-refractivity contribution >= 4 is 5.91 Å². The van der Waals surface area contributed by atoms with Gasteiger partial charge in [0.2, 0.25) is 0 Å². The van der Waals surface area contributed by atoms with Gasteiger partial charge >= 0.3 is 0 Å². The van der Waals surface area contributed by atoms with Crippen molar-refractivity contribution in [3.05, 3.63) is 29.6 Å². The van der Waals surface area contributed by atoms with Gasteiger partial charge in [0.1, 0.15) is 11.5 Å². The van der Waals surface area contributed by atoms with E-state index < -0.39 is 0 Å². The maximum atomic E-state index is 13.1. The molecule has 1 saturated carbocycles. The van der Waals surface area contributed by atoms with Gasteiger partial charge in [0.15, 0.2) is 5.82 Å². The van der Waals surface area contributed by atoms with E-state index in [0.717, 1.165) is 19.4 Å². The number of tetrazole rings is 1. The van der Waals surface area contributed by atoms with Crippen molar-refractivity contribution in [2.75, 3.05) is 26.8 Å². The van der Waals surface area contributed by atoms with E-state index in [1.807, 2.05) is 4.90 Å². The van der Waals surface area contributed by atoms with Gasteiger partial charge in [0.25, 0.3) is 5.91 Å². The van der Waals surface area contributed by atoms with Crippen LogP contribution < -0.4 is 9.47 Å². The third kappa shape index (κ3) is 3.63. The number of benzene rings is 1. The summed E-state index contributed by atoms with van der Waals surface area (Å²) in [5, 5.41) is 14.3. The molecule has 0 radical (unpaired) electrons. The molecule has 1 aromatic carbocycles. The summed E-state index contributed by atoms with van der Waals surface area (Å²) in [5.41, 5.74) is 0.584. The van der Waals surface area contributed by atoms with E-state index in [1.54, 1.807) is 25.3 Å². The minimum absolute atomic E-state index is 0.0216. The van der Waals surface area contributed by atoms with E-state index in [4.69, 9.17) is 9.47 Å². The Bertz CT molecular complexity index is 760. The van der Waals surface area contributed by atoms with Gasteiger partial charge < -0.3 is 14.4 Å². The molecule has 2 aliphatic rings. The molecular weight excluding hydrogens is 334 g/mol. The van der Waals surface area contributed by atoms with Gasteiger partial charge in [-0.15, -0.1) is 10.2 Å². The quantitative estimate of drug-likeness (QED) is 0.850. The van der Waals surface area contributed by atoms with Crippen molar-refractivity contribution in [2.24, 2.45) is 5.92 Å². The third-order valence-corrected chi connectivity index (χ3v) is 5.03. The van der Waals surface area contributed by atoms with Crippen LogP contribution in [0, 0.1) is 5.92 Å². The summed E-state index contributed by atoms with van der Waals surface area (Å²) in [4.78, 5) is 15.0. The minimum atomic E-state index is -0.0216. The fraction of sp³-hybridized carbons (Fsp3) is 0.556. The molecule has 2 heterocycles. The van der Waals surface area contributed by atoms with Crippen molar-refractivity contribution < 1.29 is 14.3 Å². The fourth-order valence-electron chi connectivity index (χ4n) is 3.30. The molecule has 8 heteroatoms. The molecule has 4 rings (SSSR count). The molecule has 1 aliphatic heterocycles. The predicted molar refractivity (Wildman–Crippen MR) is 93.3 cm³/mol. The monoisotopic (exact) mass is 357 g/mol. The maximum absolute atomic E-state index is 13.1. The molecule has 1 aliphatic carbocycles. The Morgan fingerprint density at radius 2 is 2.23 bits per heavy atom. The molecule has 1 amide bonds. The molecule has 2 fully saturated rings. The van der Waals surface area contributed by atoms with Crippen molar-refractivity contribution in [1.82, 2.24) is 25.5 Å². The second kappa shape index (κ2) is 7.31. The van der Waals surface area contributed by atoms with E-state index in [2.05, 4.69) is 20.6 Å². The zero-order valence-corrected chi connectivity index (χ0v) is 14.9. The Morgan fingerprint density at radius 3 is 2.96 bits per heavy atom. The molecule has 0 bridgehead atoms. The number of piperidine rings is 1. The van der Waals surface area contributed by atoms with Crippen LogP contribution in [-0.4, -0.2) is 58.2 Å². The number of carbonyl (C=O) groups excluding carboxylic acids is 1. The van der Waals surface area contributed by atoms with Gasteiger partial charge in [-0.3, -0.25) is 4.79 Å². The first-order valence-corrected chi connectivity index (χ1v) is 9.08. The Balaban J connectivity index is 1.52. The molecule has 138 valence electrons. The van der Waals surface area contributed by atoms with Crippen LogP contribution in [0.15, 0.2) is 18.2 Å². The molecule has 1 N–H and O–H groups in total. The number of likely N-dealkylation sites (tertiary alicyclic amines) is 1. The van der Waals surface area contributed by atoms with Crippen LogP contribution in [0.1, 0.15) is 47.8 Å². The number of hydrogen-bond acceptors (Lipinski definition) is 6. The topological polar surface area (TPSA) is 93.2 Å². The number of rotatable bonds is 6. The van der Waals surface area contributed by atoms with Gasteiger partial charge in [-0.1, -0.05) is 5.21 Å². The number of aromatic nitrogens is 4. The summed E-state index contributed by atoms with van der Waals surface area (Å²) >= 11 is 0. The highest BCUT2D eigenvalue weighted by atomic mass is 16.5. The zero-order valence-electron chi connectivity index (χ0n) is 14.9. The van der Waals surface area contributed by atoms with Gasteiger partial charge in [0.05, 0.1) is 19.3 Å². The van der Waals surface area contributed by atoms with Crippen LogP contribution in [0.5, 0.6) is 11.5 Å². The van der Waals surface area contributed by atoms with E-state index in [0.29, 0.717) is 42.0 Å². The summed E-state index contributed by atoms with van der Waals surface area (Å²) in [6.45, 7) is 1.96. The smallest absolute Gasteiger partial charge is 0.257 e. The lowest BCUT2D eigenvalue weighted by molar-refractivity contribution is 0.0699. The number of aromatic amines is 1. The Morgan fingerprint density at radius 1 is 1.35 bits per heavy atom. The molecule has 26 heavy (non-hydrogen) atoms. The molecule has 2 aromatic rings. The number of hydrogen-bond donors (Lipinski definition) is 1. The van der Waals surface area contributed by atoms with Crippen LogP contribution in [0.2, 0.25) is 0 Å². The lowest BCUT2D eigenvalue weighted by atomic mass is 9.96. The highest BCUT2D eigenvalue weighted by Gasteiger charge is 2.30. The standard InChI is InChI=1S/C18H23N5O3/c1-25-14-6-7-15(16(9-14)26-11-12-4-5-12)18(24)23-8-2-3-13(10-23)17-19-21-22-20-17/h6-7,9,12-13H,2-5,8,10-11H2,1H3,(H,19,20,21,22). The van der Waals surface area contributed by atoms with Crippen molar-refractivity contribution in [2.45, 2.75) is 31.6 Å². The SMILES string of the molecule is COc1ccc(C(=O)N2CCCC(c3nn[nH]n3)C2)c(OCC2CC2)c1. The first kappa shape index (κ1) is 16.8. The molecule has 1 saturated heterocycles. The number of nitrogens with zero attached hydrogens (tertiary/aromatic N) is 4. The molecule has 1 atom stereocenters. The van der Waals surface area contributed by atoms with E-state index in [1.165, 1.54) is 12.8 Å². The number of carbonyl (C=O) groups is 1. The maximum Gasteiger partial charge on any atom is 0.257 e. The van der Waals surface area contributed by atoms with Gasteiger partial charge in [0, 0.05) is 25.1 Å². The number of nitrogens with one attached hydrogen (secondary N) is 1. The highest BCUT2D eigenvalue weighted by molar-refractivity contribution is 5.97. The first-order valence-electron chi connectivity index (χ1n) is 9.08. The molecule has 1 aromatic heterocycles. The lowest BCUT2D eigenvalue weighted by Crippen LogP contribution is -2.39. The fourth-order valence-corrected chi connectivity index (χ4v) is 3.30. The summed E-state index contributed by atoms with van der Waals surface area (Å²) < 4.78 is 11.2. The Kier molecular flexibility index (Phi) is 4.73. The number of H-pyrrole nitrogens is 1. The normalized spacial score (nSPS) is 20.0. The number of methoxy groups -OCH3 is 1. The van der Waals surface area contributed by atoms with Crippen molar-refractivity contribution in [1.29, 1.82) is 0 Å². The van der Waals surface area contributed by atoms with Crippen LogP contribution in [0.4, 0.5) is 0 Å². The molecule has 0 spiro atoms. The summed E-state index contributed by atoms with van der Waals surface area (Å²) in [6.07, 6.45) is 4.27. The molecular formula is C18H23N5O3. The second-order valence-electron chi connectivity index (χ2n) is 6.98. The third-order valence-electron chi connectivity index (χ3n) is 5.03. The van der Waals surface area contributed by atoms with Gasteiger partial charge in [-0.05, 0) is 43.7 Å². The number of ether oxygens (including phenoxy) is 2. The zero-order chi connectivity index (χ0) is 17.9. The van der Waals surface area contributed by atoms with E-state index in [9.17, 15) is 4.79 Å².